The molecule has 2 aromatic rings. The number of nitrogens with zero attached hydrogens (tertiary/aromatic N) is 1. The molecule has 5 unspecified atom stereocenters. The lowest BCUT2D eigenvalue weighted by Gasteiger charge is -2.25. The number of amides is 3. The van der Waals surface area contributed by atoms with Gasteiger partial charge in [-0.1, -0.05) is 50.6 Å². The number of hydrogen-bond acceptors (Lipinski definition) is 7. The first-order chi connectivity index (χ1) is 17.2. The molecule has 0 aliphatic rings. The number of benzene rings is 1. The van der Waals surface area contributed by atoms with E-state index >= 15 is 0 Å². The molecule has 5 atom stereocenters. The molecule has 1 aromatic heterocycles. The number of aliphatic carboxylic acids is 1. The number of nitrogens with one attached hydrogen (secondary N) is 4. The minimum atomic E-state index is -1.35. The average Bonchev–Trinajstić information content (AvgIpc) is 3.38. The lowest BCUT2D eigenvalue weighted by Crippen LogP contribution is -2.59. The molecule has 12 heteroatoms. The van der Waals surface area contributed by atoms with E-state index in [0.29, 0.717) is 17.7 Å². The van der Waals surface area contributed by atoms with Crippen molar-refractivity contribution >= 4 is 23.7 Å². The number of rotatable bonds is 14. The van der Waals surface area contributed by atoms with Crippen LogP contribution in [-0.2, 0) is 32.0 Å². The predicted octanol–water partition coefficient (Wildman–Crippen LogP) is -0.900. The maximum atomic E-state index is 13.1. The second kappa shape index (κ2) is 14.0. The number of carboxylic acid groups (broad SMARTS) is 1. The van der Waals surface area contributed by atoms with Crippen molar-refractivity contribution in [1.82, 2.24) is 25.9 Å². The number of aliphatic hydroxyl groups excluding tert-OH is 1. The molecule has 3 amide bonds. The highest BCUT2D eigenvalue weighted by atomic mass is 16.4. The third-order valence-electron chi connectivity index (χ3n) is 5.88. The summed E-state index contributed by atoms with van der Waals surface area (Å²) in [4.78, 5) is 56.8. The van der Waals surface area contributed by atoms with Gasteiger partial charge in [0.1, 0.15) is 18.1 Å². The summed E-state index contributed by atoms with van der Waals surface area (Å²) in [6.07, 6.45) is 3.49. The highest BCUT2D eigenvalue weighted by molar-refractivity contribution is 5.94. The summed E-state index contributed by atoms with van der Waals surface area (Å²) in [7, 11) is 0. The molecule has 12 nitrogen and oxygen atoms in total. The number of carboxylic acids is 1. The van der Waals surface area contributed by atoms with Crippen molar-refractivity contribution in [3.05, 3.63) is 54.1 Å². The molecule has 1 heterocycles. The lowest BCUT2D eigenvalue weighted by molar-refractivity contribution is -0.142. The fourth-order valence-corrected chi connectivity index (χ4v) is 3.39. The van der Waals surface area contributed by atoms with E-state index < -0.39 is 54.5 Å². The van der Waals surface area contributed by atoms with Crippen LogP contribution in [0.4, 0.5) is 0 Å². The van der Waals surface area contributed by atoms with Gasteiger partial charge >= 0.3 is 5.97 Å². The number of carbonyl (C=O) groups is 4. The molecule has 0 aliphatic carbocycles. The molecule has 8 N–H and O–H groups in total. The SMILES string of the molecule is CCC(C)C(N)C(=O)NC(CO)C(=O)NC(Cc1ccccc1)C(=O)NC(Cc1cnc[nH]1)C(=O)O. The van der Waals surface area contributed by atoms with Crippen LogP contribution in [0.15, 0.2) is 42.9 Å². The number of hydrogen-bond donors (Lipinski definition) is 7. The maximum absolute atomic E-state index is 13.1. The van der Waals surface area contributed by atoms with Crippen LogP contribution in [0.2, 0.25) is 0 Å². The van der Waals surface area contributed by atoms with E-state index in [2.05, 4.69) is 25.9 Å². The fourth-order valence-electron chi connectivity index (χ4n) is 3.39. The Balaban J connectivity index is 2.17. The van der Waals surface area contributed by atoms with Crippen molar-refractivity contribution in [2.75, 3.05) is 6.61 Å². The number of imidazole rings is 1. The van der Waals surface area contributed by atoms with Crippen LogP contribution < -0.4 is 21.7 Å². The van der Waals surface area contributed by atoms with Crippen molar-refractivity contribution in [2.45, 2.75) is 57.3 Å². The zero-order valence-electron chi connectivity index (χ0n) is 20.3. The predicted molar refractivity (Wildman–Crippen MR) is 130 cm³/mol. The number of aliphatic hydroxyl groups is 1. The van der Waals surface area contributed by atoms with Crippen LogP contribution >= 0.6 is 0 Å². The number of carbonyl (C=O) groups excluding carboxylic acids is 3. The molecule has 1 aromatic carbocycles. The number of nitrogens with two attached hydrogens (primary N) is 1. The van der Waals surface area contributed by atoms with Gasteiger partial charge in [0.25, 0.3) is 0 Å². The van der Waals surface area contributed by atoms with E-state index in [-0.39, 0.29) is 18.8 Å². The molecule has 0 radical (unpaired) electrons. The van der Waals surface area contributed by atoms with Crippen LogP contribution in [-0.4, -0.2) is 74.6 Å². The van der Waals surface area contributed by atoms with Crippen LogP contribution in [0.25, 0.3) is 0 Å². The van der Waals surface area contributed by atoms with Gasteiger partial charge in [-0.05, 0) is 11.5 Å². The summed E-state index contributed by atoms with van der Waals surface area (Å²) in [5.74, 6) is -3.56. The maximum Gasteiger partial charge on any atom is 0.326 e. The van der Waals surface area contributed by atoms with E-state index in [1.807, 2.05) is 6.92 Å². The molecule has 0 fully saturated rings. The van der Waals surface area contributed by atoms with Gasteiger partial charge in [0.15, 0.2) is 0 Å². The van der Waals surface area contributed by atoms with Crippen molar-refractivity contribution in [3.63, 3.8) is 0 Å². The highest BCUT2D eigenvalue weighted by Crippen LogP contribution is 2.08. The molecule has 0 saturated heterocycles. The van der Waals surface area contributed by atoms with E-state index in [9.17, 15) is 29.4 Å². The van der Waals surface area contributed by atoms with Gasteiger partial charge in [-0.3, -0.25) is 14.4 Å². The van der Waals surface area contributed by atoms with Gasteiger partial charge in [0.2, 0.25) is 17.7 Å². The molecule has 0 saturated carbocycles. The Hall–Kier alpha value is -3.77. The third-order valence-corrected chi connectivity index (χ3v) is 5.88. The first kappa shape index (κ1) is 28.5. The smallest absolute Gasteiger partial charge is 0.326 e. The zero-order valence-corrected chi connectivity index (χ0v) is 20.3. The van der Waals surface area contributed by atoms with Crippen LogP contribution in [0.3, 0.4) is 0 Å². The van der Waals surface area contributed by atoms with Crippen molar-refractivity contribution in [1.29, 1.82) is 0 Å². The Morgan fingerprint density at radius 1 is 0.972 bits per heavy atom. The Kier molecular flexibility index (Phi) is 11.0. The topological polar surface area (TPSA) is 200 Å². The Morgan fingerprint density at radius 3 is 2.14 bits per heavy atom. The summed E-state index contributed by atoms with van der Waals surface area (Å²) >= 11 is 0. The van der Waals surface area contributed by atoms with Gasteiger partial charge in [-0.15, -0.1) is 0 Å². The highest BCUT2D eigenvalue weighted by Gasteiger charge is 2.31. The molecule has 2 rings (SSSR count). The largest absolute Gasteiger partial charge is 0.480 e. The third kappa shape index (κ3) is 8.47. The number of aromatic amines is 1. The Labute approximate surface area is 209 Å². The molecule has 196 valence electrons. The zero-order chi connectivity index (χ0) is 26.7. The minimum absolute atomic E-state index is 0.0457. The van der Waals surface area contributed by atoms with Crippen LogP contribution in [0.5, 0.6) is 0 Å². The van der Waals surface area contributed by atoms with E-state index in [0.717, 1.165) is 0 Å². The molecule has 0 aliphatic heterocycles. The second-order valence-electron chi connectivity index (χ2n) is 8.59. The lowest BCUT2D eigenvalue weighted by atomic mass is 9.99. The Bertz CT molecular complexity index is 1000. The van der Waals surface area contributed by atoms with Gasteiger partial charge < -0.3 is 36.9 Å². The average molecular weight is 503 g/mol. The van der Waals surface area contributed by atoms with E-state index in [4.69, 9.17) is 5.73 Å². The molecule has 36 heavy (non-hydrogen) atoms. The summed E-state index contributed by atoms with van der Waals surface area (Å²) in [6.45, 7) is 2.94. The van der Waals surface area contributed by atoms with Gasteiger partial charge in [-0.25, -0.2) is 9.78 Å². The van der Waals surface area contributed by atoms with Crippen molar-refractivity contribution in [2.24, 2.45) is 11.7 Å². The second-order valence-corrected chi connectivity index (χ2v) is 8.59. The molecular formula is C24H34N6O6. The first-order valence-electron chi connectivity index (χ1n) is 11.7. The van der Waals surface area contributed by atoms with Crippen molar-refractivity contribution in [3.8, 4) is 0 Å². The normalized spacial score (nSPS) is 15.1. The van der Waals surface area contributed by atoms with Gasteiger partial charge in [0, 0.05) is 24.7 Å². The van der Waals surface area contributed by atoms with Gasteiger partial charge in [-0.2, -0.15) is 0 Å². The van der Waals surface area contributed by atoms with Crippen LogP contribution in [0.1, 0.15) is 31.5 Å². The minimum Gasteiger partial charge on any atom is -0.480 e. The number of H-pyrrole nitrogens is 1. The summed E-state index contributed by atoms with van der Waals surface area (Å²) in [5, 5.41) is 26.7. The first-order valence-corrected chi connectivity index (χ1v) is 11.7. The van der Waals surface area contributed by atoms with Crippen LogP contribution in [0, 0.1) is 5.92 Å². The van der Waals surface area contributed by atoms with E-state index in [1.54, 1.807) is 37.3 Å². The summed E-state index contributed by atoms with van der Waals surface area (Å²) in [6, 6.07) is 4.13. The number of aromatic nitrogens is 2. The van der Waals surface area contributed by atoms with E-state index in [1.165, 1.54) is 12.5 Å². The fraction of sp³-hybridized carbons (Fsp3) is 0.458. The quantitative estimate of drug-likeness (QED) is 0.172. The standard InChI is InChI=1S/C24H34N6O6/c1-3-14(2)20(25)23(34)30-19(12-31)22(33)28-17(9-15-7-5-4-6-8-15)21(32)29-18(24(35)36)10-16-11-26-13-27-16/h4-8,11,13-14,17-20,31H,3,9-10,12,25H2,1-2H3,(H,26,27)(H,28,33)(H,29,32)(H,30,34)(H,35,36). The molecule has 0 bridgehead atoms. The monoisotopic (exact) mass is 502 g/mol. The summed E-state index contributed by atoms with van der Waals surface area (Å²) < 4.78 is 0. The molecule has 0 spiro atoms. The van der Waals surface area contributed by atoms with Gasteiger partial charge in [0.05, 0.1) is 19.0 Å². The van der Waals surface area contributed by atoms with Crippen molar-refractivity contribution < 1.29 is 29.4 Å². The molecular weight excluding hydrogens is 468 g/mol. The Morgan fingerprint density at radius 2 is 1.58 bits per heavy atom. The summed E-state index contributed by atoms with van der Waals surface area (Å²) in [5.41, 5.74) is 7.13.